The SMILES string of the molecule is CC(C)(C)OC(=O)COCCCOCCCOc1ccc(C2(NC(=O)OC(C)(C)C)CC2)cc1. The minimum atomic E-state index is -0.517. The van der Waals surface area contributed by atoms with Gasteiger partial charge in [0.25, 0.3) is 0 Å². The maximum Gasteiger partial charge on any atom is 0.408 e. The molecule has 0 aliphatic heterocycles. The van der Waals surface area contributed by atoms with Gasteiger partial charge in [0.15, 0.2) is 0 Å². The number of carbonyl (C=O) groups excluding carboxylic acids is 2. The van der Waals surface area contributed by atoms with Gasteiger partial charge in [-0.25, -0.2) is 9.59 Å². The van der Waals surface area contributed by atoms with Crippen molar-refractivity contribution in [2.24, 2.45) is 0 Å². The van der Waals surface area contributed by atoms with Crippen molar-refractivity contribution in [1.29, 1.82) is 0 Å². The molecule has 0 unspecified atom stereocenters. The molecule has 0 aromatic heterocycles. The van der Waals surface area contributed by atoms with E-state index in [-0.39, 0.29) is 24.2 Å². The Labute approximate surface area is 203 Å². The zero-order chi connectivity index (χ0) is 25.2. The van der Waals surface area contributed by atoms with Crippen LogP contribution in [0.1, 0.15) is 72.8 Å². The average molecular weight is 480 g/mol. The van der Waals surface area contributed by atoms with E-state index in [0.717, 1.165) is 30.6 Å². The Kier molecular flexibility index (Phi) is 10.2. The van der Waals surface area contributed by atoms with E-state index in [1.807, 2.05) is 65.8 Å². The van der Waals surface area contributed by atoms with Gasteiger partial charge in [0.05, 0.1) is 12.1 Å². The van der Waals surface area contributed by atoms with Gasteiger partial charge >= 0.3 is 12.1 Å². The molecule has 0 saturated heterocycles. The monoisotopic (exact) mass is 479 g/mol. The number of esters is 1. The van der Waals surface area contributed by atoms with E-state index in [1.165, 1.54) is 0 Å². The Bertz CT molecular complexity index is 774. The number of rotatable bonds is 13. The third kappa shape index (κ3) is 11.2. The van der Waals surface area contributed by atoms with Crippen molar-refractivity contribution < 1.29 is 33.3 Å². The molecule has 8 nitrogen and oxygen atoms in total. The zero-order valence-electron chi connectivity index (χ0n) is 21.5. The molecule has 0 radical (unpaired) electrons. The van der Waals surface area contributed by atoms with E-state index in [0.29, 0.717) is 32.8 Å². The second-order valence-electron chi connectivity index (χ2n) is 10.5. The second-order valence-corrected chi connectivity index (χ2v) is 10.5. The minimum absolute atomic E-state index is 0.0396. The number of hydrogen-bond acceptors (Lipinski definition) is 7. The summed E-state index contributed by atoms with van der Waals surface area (Å²) in [7, 11) is 0. The lowest BCUT2D eigenvalue weighted by atomic mass is 10.1. The summed E-state index contributed by atoms with van der Waals surface area (Å²) >= 11 is 0. The highest BCUT2D eigenvalue weighted by molar-refractivity contribution is 5.71. The number of benzene rings is 1. The van der Waals surface area contributed by atoms with Crippen LogP contribution < -0.4 is 10.1 Å². The molecule has 192 valence electrons. The fourth-order valence-corrected chi connectivity index (χ4v) is 3.22. The summed E-state index contributed by atoms with van der Waals surface area (Å²) in [5.74, 6) is 0.428. The van der Waals surface area contributed by atoms with Crippen molar-refractivity contribution in [3.05, 3.63) is 29.8 Å². The number of carbonyl (C=O) groups is 2. The van der Waals surface area contributed by atoms with E-state index in [1.54, 1.807) is 0 Å². The quantitative estimate of drug-likeness (QED) is 0.323. The Morgan fingerprint density at radius 2 is 1.38 bits per heavy atom. The fraction of sp³-hybridized carbons (Fsp3) is 0.692. The number of alkyl carbamates (subject to hydrolysis) is 1. The van der Waals surface area contributed by atoms with Gasteiger partial charge in [-0.1, -0.05) is 12.1 Å². The van der Waals surface area contributed by atoms with Crippen molar-refractivity contribution in [1.82, 2.24) is 5.32 Å². The molecular formula is C26H41NO7. The molecule has 8 heteroatoms. The van der Waals surface area contributed by atoms with E-state index in [2.05, 4.69) is 5.32 Å². The predicted molar refractivity (Wildman–Crippen MR) is 129 cm³/mol. The zero-order valence-corrected chi connectivity index (χ0v) is 21.5. The standard InChI is InChI=1S/C26H41NO7/c1-24(2,3)33-22(28)19-31-17-7-15-30-16-8-18-32-21-11-9-20(10-12-21)26(13-14-26)27-23(29)34-25(4,5)6/h9-12H,7-8,13-19H2,1-6H3,(H,27,29). The van der Waals surface area contributed by atoms with E-state index in [4.69, 9.17) is 23.7 Å². The molecule has 1 N–H and O–H groups in total. The van der Waals surface area contributed by atoms with Gasteiger partial charge in [0.2, 0.25) is 0 Å². The third-order valence-corrected chi connectivity index (χ3v) is 4.82. The first kappa shape index (κ1) is 27.9. The van der Waals surface area contributed by atoms with Gasteiger partial charge in [0.1, 0.15) is 23.6 Å². The van der Waals surface area contributed by atoms with Crippen LogP contribution in [0.25, 0.3) is 0 Å². The molecule has 1 saturated carbocycles. The summed E-state index contributed by atoms with van der Waals surface area (Å²) in [5.41, 5.74) is -0.281. The minimum Gasteiger partial charge on any atom is -0.494 e. The van der Waals surface area contributed by atoms with Gasteiger partial charge in [-0.05, 0) is 78.5 Å². The molecule has 0 heterocycles. The molecule has 1 aromatic rings. The van der Waals surface area contributed by atoms with Crippen LogP contribution >= 0.6 is 0 Å². The number of ether oxygens (including phenoxy) is 5. The van der Waals surface area contributed by atoms with Crippen LogP contribution in [0.3, 0.4) is 0 Å². The predicted octanol–water partition coefficient (Wildman–Crippen LogP) is 4.73. The maximum atomic E-state index is 12.1. The van der Waals surface area contributed by atoms with Gasteiger partial charge in [-0.15, -0.1) is 0 Å². The van der Waals surface area contributed by atoms with E-state index in [9.17, 15) is 9.59 Å². The first-order valence-electron chi connectivity index (χ1n) is 12.0. The molecule has 1 aromatic carbocycles. The summed E-state index contributed by atoms with van der Waals surface area (Å²) in [6.07, 6.45) is 2.89. The summed E-state index contributed by atoms with van der Waals surface area (Å²) in [6.45, 7) is 13.2. The Morgan fingerprint density at radius 1 is 0.824 bits per heavy atom. The third-order valence-electron chi connectivity index (χ3n) is 4.82. The summed E-state index contributed by atoms with van der Waals surface area (Å²) in [6, 6.07) is 7.84. The maximum absolute atomic E-state index is 12.1. The van der Waals surface area contributed by atoms with Crippen LogP contribution in [0.5, 0.6) is 5.75 Å². The Balaban J connectivity index is 1.54. The molecule has 0 bridgehead atoms. The second kappa shape index (κ2) is 12.4. The lowest BCUT2D eigenvalue weighted by Crippen LogP contribution is -2.39. The largest absolute Gasteiger partial charge is 0.494 e. The molecule has 0 atom stereocenters. The summed E-state index contributed by atoms with van der Waals surface area (Å²) in [5, 5.41) is 3.01. The highest BCUT2D eigenvalue weighted by Gasteiger charge is 2.46. The Hall–Kier alpha value is -2.32. The van der Waals surface area contributed by atoms with Crippen LogP contribution in [-0.4, -0.2) is 56.3 Å². The molecule has 1 aliphatic carbocycles. The lowest BCUT2D eigenvalue weighted by Gasteiger charge is -2.23. The highest BCUT2D eigenvalue weighted by atomic mass is 16.6. The topological polar surface area (TPSA) is 92.3 Å². The van der Waals surface area contributed by atoms with Crippen LogP contribution in [0, 0.1) is 0 Å². The van der Waals surface area contributed by atoms with Crippen LogP contribution in [0.2, 0.25) is 0 Å². The number of amides is 1. The summed E-state index contributed by atoms with van der Waals surface area (Å²) in [4.78, 5) is 23.7. The van der Waals surface area contributed by atoms with E-state index >= 15 is 0 Å². The molecule has 2 rings (SSSR count). The number of nitrogens with one attached hydrogen (secondary N) is 1. The highest BCUT2D eigenvalue weighted by Crippen LogP contribution is 2.46. The van der Waals surface area contributed by atoms with Crippen molar-refractivity contribution in [3.8, 4) is 5.75 Å². The molecule has 1 aliphatic rings. The molecule has 34 heavy (non-hydrogen) atoms. The lowest BCUT2D eigenvalue weighted by molar-refractivity contribution is -0.160. The molecule has 1 amide bonds. The van der Waals surface area contributed by atoms with Crippen LogP contribution in [0.4, 0.5) is 4.79 Å². The number of hydrogen-bond donors (Lipinski definition) is 1. The first-order valence-corrected chi connectivity index (χ1v) is 12.0. The van der Waals surface area contributed by atoms with Gasteiger partial charge in [-0.2, -0.15) is 0 Å². The smallest absolute Gasteiger partial charge is 0.408 e. The average Bonchev–Trinajstić information content (AvgIpc) is 3.47. The fourth-order valence-electron chi connectivity index (χ4n) is 3.22. The summed E-state index contributed by atoms with van der Waals surface area (Å²) < 4.78 is 27.2. The van der Waals surface area contributed by atoms with Gasteiger partial charge < -0.3 is 29.0 Å². The Morgan fingerprint density at radius 3 is 1.94 bits per heavy atom. The van der Waals surface area contributed by atoms with Crippen LogP contribution in [0.15, 0.2) is 24.3 Å². The van der Waals surface area contributed by atoms with Gasteiger partial charge in [0, 0.05) is 26.2 Å². The first-order chi connectivity index (χ1) is 15.9. The molecular weight excluding hydrogens is 438 g/mol. The van der Waals surface area contributed by atoms with Crippen molar-refractivity contribution >= 4 is 12.1 Å². The molecule has 1 fully saturated rings. The van der Waals surface area contributed by atoms with E-state index < -0.39 is 11.2 Å². The molecule has 0 spiro atoms. The normalized spacial score (nSPS) is 14.9. The van der Waals surface area contributed by atoms with Crippen LogP contribution in [-0.2, 0) is 29.3 Å². The van der Waals surface area contributed by atoms with Crippen molar-refractivity contribution in [2.45, 2.75) is 84.0 Å². The van der Waals surface area contributed by atoms with Gasteiger partial charge in [-0.3, -0.25) is 0 Å². The van der Waals surface area contributed by atoms with Crippen molar-refractivity contribution in [3.63, 3.8) is 0 Å². The van der Waals surface area contributed by atoms with Crippen molar-refractivity contribution in [2.75, 3.05) is 33.0 Å².